The van der Waals surface area contributed by atoms with Gasteiger partial charge in [-0.2, -0.15) is 0 Å². The number of carbonyl (C=O) groups is 1. The monoisotopic (exact) mass is 333 g/mol. The number of piperidine rings is 1. The summed E-state index contributed by atoms with van der Waals surface area (Å²) in [7, 11) is 0. The third kappa shape index (κ3) is 3.21. The standard InChI is InChI=1S/C17H23N3O4/c1-12-10-14(5-6-15(12)20(23)24)18-16(21)19-9-8-17(22)7-3-2-4-13(17)11-19/h5-6,10,13,22H,2-4,7-9,11H2,1H3,(H,18,21)/t13-,17-/m0/s1. The van der Waals surface area contributed by atoms with Crippen LogP contribution in [0.3, 0.4) is 0 Å². The van der Waals surface area contributed by atoms with Crippen molar-refractivity contribution < 1.29 is 14.8 Å². The number of fused-ring (bicyclic) bond motifs is 1. The molecule has 1 heterocycles. The average Bonchev–Trinajstić information content (AvgIpc) is 2.53. The molecule has 1 aromatic rings. The third-order valence-electron chi connectivity index (χ3n) is 5.36. The number of nitro groups is 1. The van der Waals surface area contributed by atoms with Crippen molar-refractivity contribution in [3.05, 3.63) is 33.9 Å². The molecule has 2 N–H and O–H groups in total. The predicted molar refractivity (Wildman–Crippen MR) is 89.9 cm³/mol. The molecule has 1 aliphatic carbocycles. The molecule has 1 saturated heterocycles. The smallest absolute Gasteiger partial charge is 0.321 e. The van der Waals surface area contributed by atoms with E-state index in [9.17, 15) is 20.0 Å². The number of nitrogens with one attached hydrogen (secondary N) is 1. The van der Waals surface area contributed by atoms with Crippen LogP contribution >= 0.6 is 0 Å². The number of carbonyl (C=O) groups excluding carboxylic acids is 1. The van der Waals surface area contributed by atoms with E-state index in [4.69, 9.17) is 0 Å². The number of benzene rings is 1. The molecule has 0 bridgehead atoms. The number of aliphatic hydroxyl groups is 1. The van der Waals surface area contributed by atoms with Crippen LogP contribution in [0.1, 0.15) is 37.7 Å². The number of nitro benzene ring substituents is 1. The summed E-state index contributed by atoms with van der Waals surface area (Å²) in [5, 5.41) is 24.3. The molecule has 3 rings (SSSR count). The van der Waals surface area contributed by atoms with Gasteiger partial charge in [-0.25, -0.2) is 4.79 Å². The minimum atomic E-state index is -0.612. The highest BCUT2D eigenvalue weighted by Gasteiger charge is 2.43. The van der Waals surface area contributed by atoms with E-state index in [1.54, 1.807) is 24.0 Å². The van der Waals surface area contributed by atoms with Gasteiger partial charge in [0.2, 0.25) is 0 Å². The Balaban J connectivity index is 1.65. The molecule has 24 heavy (non-hydrogen) atoms. The Kier molecular flexibility index (Phi) is 4.45. The van der Waals surface area contributed by atoms with Gasteiger partial charge >= 0.3 is 6.03 Å². The van der Waals surface area contributed by atoms with Gasteiger partial charge in [-0.15, -0.1) is 0 Å². The van der Waals surface area contributed by atoms with Crippen LogP contribution in [0.25, 0.3) is 0 Å². The van der Waals surface area contributed by atoms with Crippen LogP contribution in [0.5, 0.6) is 0 Å². The zero-order chi connectivity index (χ0) is 17.3. The molecule has 1 aromatic carbocycles. The van der Waals surface area contributed by atoms with Gasteiger partial charge in [-0.05, 0) is 38.3 Å². The maximum absolute atomic E-state index is 12.5. The molecule has 7 nitrogen and oxygen atoms in total. The summed E-state index contributed by atoms with van der Waals surface area (Å²) < 4.78 is 0. The Hall–Kier alpha value is -2.15. The second-order valence-electron chi connectivity index (χ2n) is 6.93. The normalized spacial score (nSPS) is 26.6. The lowest BCUT2D eigenvalue weighted by Gasteiger charge is -2.47. The minimum Gasteiger partial charge on any atom is -0.389 e. The van der Waals surface area contributed by atoms with E-state index in [0.29, 0.717) is 30.8 Å². The third-order valence-corrected chi connectivity index (χ3v) is 5.36. The Bertz CT molecular complexity index is 663. The topological polar surface area (TPSA) is 95.7 Å². The molecule has 7 heteroatoms. The highest BCUT2D eigenvalue weighted by atomic mass is 16.6. The lowest BCUT2D eigenvalue weighted by atomic mass is 9.71. The lowest BCUT2D eigenvalue weighted by Crippen LogP contribution is -2.55. The molecule has 0 unspecified atom stereocenters. The number of amides is 2. The summed E-state index contributed by atoms with van der Waals surface area (Å²) in [4.78, 5) is 24.6. The van der Waals surface area contributed by atoms with Crippen molar-refractivity contribution in [3.8, 4) is 0 Å². The van der Waals surface area contributed by atoms with E-state index in [2.05, 4.69) is 5.32 Å². The summed E-state index contributed by atoms with van der Waals surface area (Å²) in [6, 6.07) is 4.35. The molecule has 130 valence electrons. The number of nitrogens with zero attached hydrogens (tertiary/aromatic N) is 2. The molecule has 2 aliphatic rings. The van der Waals surface area contributed by atoms with Crippen LogP contribution in [0.2, 0.25) is 0 Å². The summed E-state index contributed by atoms with van der Waals surface area (Å²) >= 11 is 0. The zero-order valence-electron chi connectivity index (χ0n) is 13.8. The first-order chi connectivity index (χ1) is 11.4. The van der Waals surface area contributed by atoms with Crippen LogP contribution in [-0.2, 0) is 0 Å². The van der Waals surface area contributed by atoms with Gasteiger partial charge in [0.25, 0.3) is 5.69 Å². The Morgan fingerprint density at radius 3 is 2.92 bits per heavy atom. The predicted octanol–water partition coefficient (Wildman–Crippen LogP) is 3.06. The molecule has 0 spiro atoms. The van der Waals surface area contributed by atoms with Crippen molar-refractivity contribution in [1.29, 1.82) is 0 Å². The summed E-state index contributed by atoms with van der Waals surface area (Å²) in [5.41, 5.74) is 0.489. The highest BCUT2D eigenvalue weighted by Crippen LogP contribution is 2.39. The molecule has 2 amide bonds. The average molecular weight is 333 g/mol. The Labute approximate surface area is 140 Å². The van der Waals surface area contributed by atoms with Crippen molar-refractivity contribution >= 4 is 17.4 Å². The van der Waals surface area contributed by atoms with Gasteiger partial charge in [0, 0.05) is 36.3 Å². The van der Waals surface area contributed by atoms with Crippen LogP contribution in [0.4, 0.5) is 16.2 Å². The van der Waals surface area contributed by atoms with Gasteiger partial charge in [0.15, 0.2) is 0 Å². The SMILES string of the molecule is Cc1cc(NC(=O)N2CC[C@@]3(O)CCCC[C@H]3C2)ccc1[N+](=O)[O-]. The number of hydrogen-bond donors (Lipinski definition) is 2. The van der Waals surface area contributed by atoms with Crippen molar-refractivity contribution in [1.82, 2.24) is 4.90 Å². The molecule has 0 aromatic heterocycles. The van der Waals surface area contributed by atoms with Gasteiger partial charge in [-0.1, -0.05) is 12.8 Å². The first-order valence-corrected chi connectivity index (χ1v) is 8.42. The van der Waals surface area contributed by atoms with Gasteiger partial charge < -0.3 is 15.3 Å². The minimum absolute atomic E-state index is 0.0400. The van der Waals surface area contributed by atoms with Crippen LogP contribution in [0.15, 0.2) is 18.2 Å². The molecular formula is C17H23N3O4. The van der Waals surface area contributed by atoms with Crippen molar-refractivity contribution in [2.24, 2.45) is 5.92 Å². The zero-order valence-corrected chi connectivity index (χ0v) is 13.8. The van der Waals surface area contributed by atoms with Gasteiger partial charge in [0.1, 0.15) is 0 Å². The highest BCUT2D eigenvalue weighted by molar-refractivity contribution is 5.89. The number of likely N-dealkylation sites (tertiary alicyclic amines) is 1. The van der Waals surface area contributed by atoms with E-state index < -0.39 is 10.5 Å². The second-order valence-corrected chi connectivity index (χ2v) is 6.93. The Morgan fingerprint density at radius 1 is 1.42 bits per heavy atom. The van der Waals surface area contributed by atoms with E-state index in [1.807, 2.05) is 0 Å². The molecule has 2 fully saturated rings. The van der Waals surface area contributed by atoms with E-state index >= 15 is 0 Å². The summed E-state index contributed by atoms with van der Waals surface area (Å²) in [6.45, 7) is 2.75. The number of hydrogen-bond acceptors (Lipinski definition) is 4. The molecule has 1 saturated carbocycles. The van der Waals surface area contributed by atoms with Crippen molar-refractivity contribution in [3.63, 3.8) is 0 Å². The first kappa shape index (κ1) is 16.7. The maximum atomic E-state index is 12.5. The number of anilines is 1. The number of aryl methyl sites for hydroxylation is 1. The summed E-state index contributed by atoms with van der Waals surface area (Å²) in [6.07, 6.45) is 4.56. The molecule has 0 radical (unpaired) electrons. The Morgan fingerprint density at radius 2 is 2.21 bits per heavy atom. The molecule has 2 atom stereocenters. The van der Waals surface area contributed by atoms with Crippen molar-refractivity contribution in [2.45, 2.75) is 44.6 Å². The quantitative estimate of drug-likeness (QED) is 0.642. The van der Waals surface area contributed by atoms with E-state index in [-0.39, 0.29) is 17.6 Å². The first-order valence-electron chi connectivity index (χ1n) is 8.42. The largest absolute Gasteiger partial charge is 0.389 e. The van der Waals surface area contributed by atoms with Crippen molar-refractivity contribution in [2.75, 3.05) is 18.4 Å². The molecule has 1 aliphatic heterocycles. The van der Waals surface area contributed by atoms with Crippen LogP contribution in [-0.4, -0.2) is 39.7 Å². The second kappa shape index (κ2) is 6.39. The van der Waals surface area contributed by atoms with E-state index in [1.165, 1.54) is 6.07 Å². The number of urea groups is 1. The van der Waals surface area contributed by atoms with Crippen LogP contribution in [0, 0.1) is 23.0 Å². The molecular weight excluding hydrogens is 310 g/mol. The van der Waals surface area contributed by atoms with Crippen LogP contribution < -0.4 is 5.32 Å². The van der Waals surface area contributed by atoms with E-state index in [0.717, 1.165) is 25.7 Å². The fourth-order valence-corrected chi connectivity index (χ4v) is 3.90. The van der Waals surface area contributed by atoms with Gasteiger partial charge in [0.05, 0.1) is 10.5 Å². The fraction of sp³-hybridized carbons (Fsp3) is 0.588. The lowest BCUT2D eigenvalue weighted by molar-refractivity contribution is -0.385. The maximum Gasteiger partial charge on any atom is 0.321 e. The van der Waals surface area contributed by atoms with Gasteiger partial charge in [-0.3, -0.25) is 10.1 Å². The number of rotatable bonds is 2. The fourth-order valence-electron chi connectivity index (χ4n) is 3.90. The summed E-state index contributed by atoms with van der Waals surface area (Å²) in [5.74, 6) is 0.143.